The number of pyridine rings is 2. The van der Waals surface area contributed by atoms with Crippen molar-refractivity contribution < 1.29 is 9.84 Å². The van der Waals surface area contributed by atoms with Crippen LogP contribution >= 0.6 is 0 Å². The summed E-state index contributed by atoms with van der Waals surface area (Å²) in [5, 5.41) is 9.89. The summed E-state index contributed by atoms with van der Waals surface area (Å²) >= 11 is 0. The largest absolute Gasteiger partial charge is 0.475 e. The van der Waals surface area contributed by atoms with Crippen molar-refractivity contribution in [3.05, 3.63) is 72.2 Å². The molecule has 1 N–H and O–H groups in total. The molecule has 6 nitrogen and oxygen atoms in total. The molecule has 1 aromatic carbocycles. The summed E-state index contributed by atoms with van der Waals surface area (Å²) in [6.07, 6.45) is 3.70. The standard InChI is InChI=1S/C24H24N4O2/c1-24(2,29)15-30-22-14-17(12-13-25-22)18-8-9-19-23(27-18)28-20(10-11-21(28)26-19)16-6-4-3-5-7-16/h3-9,12-14,20,29H,10-11,15H2,1-2H3/t20-/m1/s1. The highest BCUT2D eigenvalue weighted by Gasteiger charge is 2.27. The summed E-state index contributed by atoms with van der Waals surface area (Å²) in [5.74, 6) is 1.56. The van der Waals surface area contributed by atoms with Gasteiger partial charge in [-0.3, -0.25) is 0 Å². The molecule has 0 unspecified atom stereocenters. The van der Waals surface area contributed by atoms with E-state index in [2.05, 4.69) is 33.8 Å². The third kappa shape index (κ3) is 3.55. The van der Waals surface area contributed by atoms with Crippen molar-refractivity contribution in [3.63, 3.8) is 0 Å². The molecule has 1 atom stereocenters. The molecule has 152 valence electrons. The van der Waals surface area contributed by atoms with E-state index >= 15 is 0 Å². The van der Waals surface area contributed by atoms with Gasteiger partial charge in [0.2, 0.25) is 5.88 Å². The maximum Gasteiger partial charge on any atom is 0.213 e. The van der Waals surface area contributed by atoms with Crippen molar-refractivity contribution in [2.45, 2.75) is 38.3 Å². The van der Waals surface area contributed by atoms with Crippen LogP contribution in [0.1, 0.15) is 37.7 Å². The Morgan fingerprint density at radius 3 is 2.73 bits per heavy atom. The Hall–Kier alpha value is -3.25. The number of aromatic nitrogens is 4. The summed E-state index contributed by atoms with van der Waals surface area (Å²) in [6.45, 7) is 3.58. The van der Waals surface area contributed by atoms with Gasteiger partial charge in [0.1, 0.15) is 17.9 Å². The number of aliphatic hydroxyl groups is 1. The summed E-state index contributed by atoms with van der Waals surface area (Å²) in [7, 11) is 0. The fraction of sp³-hybridized carbons (Fsp3) is 0.292. The van der Waals surface area contributed by atoms with Crippen LogP contribution in [0.3, 0.4) is 0 Å². The predicted molar refractivity (Wildman–Crippen MR) is 115 cm³/mol. The second kappa shape index (κ2) is 7.22. The molecule has 1 aliphatic rings. The zero-order chi connectivity index (χ0) is 20.7. The van der Waals surface area contributed by atoms with E-state index in [1.165, 1.54) is 5.56 Å². The second-order valence-corrected chi connectivity index (χ2v) is 8.39. The van der Waals surface area contributed by atoms with Crippen LogP contribution in [0.25, 0.3) is 22.4 Å². The minimum atomic E-state index is -0.917. The number of imidazole rings is 1. The Bertz CT molecular complexity index is 1200. The molecule has 0 fully saturated rings. The van der Waals surface area contributed by atoms with Gasteiger partial charge in [-0.1, -0.05) is 30.3 Å². The van der Waals surface area contributed by atoms with Crippen LogP contribution in [0.4, 0.5) is 0 Å². The third-order valence-corrected chi connectivity index (χ3v) is 5.35. The van der Waals surface area contributed by atoms with Gasteiger partial charge in [0.15, 0.2) is 5.65 Å². The monoisotopic (exact) mass is 400 g/mol. The molecule has 30 heavy (non-hydrogen) atoms. The van der Waals surface area contributed by atoms with Gasteiger partial charge >= 0.3 is 0 Å². The second-order valence-electron chi connectivity index (χ2n) is 8.39. The van der Waals surface area contributed by atoms with E-state index in [4.69, 9.17) is 14.7 Å². The number of nitrogens with zero attached hydrogens (tertiary/aromatic N) is 4. The maximum atomic E-state index is 9.89. The van der Waals surface area contributed by atoms with Crippen LogP contribution in [-0.2, 0) is 6.42 Å². The Kier molecular flexibility index (Phi) is 4.51. The topological polar surface area (TPSA) is 73.1 Å². The first-order valence-electron chi connectivity index (χ1n) is 10.2. The molecule has 5 rings (SSSR count). The maximum absolute atomic E-state index is 9.89. The lowest BCUT2D eigenvalue weighted by molar-refractivity contribution is 0.0268. The van der Waals surface area contributed by atoms with Crippen molar-refractivity contribution >= 4 is 11.2 Å². The normalized spacial score (nSPS) is 16.0. The summed E-state index contributed by atoms with van der Waals surface area (Å²) < 4.78 is 7.93. The fourth-order valence-electron chi connectivity index (χ4n) is 3.97. The number of hydrogen-bond donors (Lipinski definition) is 1. The molecular formula is C24H24N4O2. The highest BCUT2D eigenvalue weighted by molar-refractivity contribution is 5.77. The van der Waals surface area contributed by atoms with Crippen LogP contribution in [0.15, 0.2) is 60.8 Å². The van der Waals surface area contributed by atoms with Crippen LogP contribution in [0.2, 0.25) is 0 Å². The van der Waals surface area contributed by atoms with Gasteiger partial charge in [-0.2, -0.15) is 0 Å². The molecule has 4 aromatic rings. The lowest BCUT2D eigenvalue weighted by Gasteiger charge is -2.17. The van der Waals surface area contributed by atoms with Gasteiger partial charge in [-0.25, -0.2) is 15.0 Å². The quantitative estimate of drug-likeness (QED) is 0.544. The average molecular weight is 400 g/mol. The van der Waals surface area contributed by atoms with Gasteiger partial charge in [0.25, 0.3) is 0 Å². The van der Waals surface area contributed by atoms with Gasteiger partial charge in [0, 0.05) is 24.2 Å². The molecule has 0 saturated heterocycles. The van der Waals surface area contributed by atoms with Crippen molar-refractivity contribution in [1.82, 2.24) is 19.5 Å². The van der Waals surface area contributed by atoms with Gasteiger partial charge < -0.3 is 14.4 Å². The molecule has 0 radical (unpaired) electrons. The highest BCUT2D eigenvalue weighted by atomic mass is 16.5. The third-order valence-electron chi connectivity index (χ3n) is 5.35. The first kappa shape index (κ1) is 18.8. The van der Waals surface area contributed by atoms with Crippen molar-refractivity contribution in [1.29, 1.82) is 0 Å². The number of rotatable bonds is 5. The van der Waals surface area contributed by atoms with Crippen molar-refractivity contribution in [3.8, 4) is 17.1 Å². The molecule has 0 aliphatic carbocycles. The lowest BCUT2D eigenvalue weighted by atomic mass is 10.0. The summed E-state index contributed by atoms with van der Waals surface area (Å²) in [4.78, 5) is 14.0. The zero-order valence-electron chi connectivity index (χ0n) is 17.1. The summed E-state index contributed by atoms with van der Waals surface area (Å²) in [5.41, 5.74) is 3.96. The van der Waals surface area contributed by atoms with E-state index in [-0.39, 0.29) is 12.6 Å². The molecule has 1 aliphatic heterocycles. The molecule has 6 heteroatoms. The number of hydrogen-bond acceptors (Lipinski definition) is 5. The zero-order valence-corrected chi connectivity index (χ0v) is 17.1. The Morgan fingerprint density at radius 1 is 1.10 bits per heavy atom. The van der Waals surface area contributed by atoms with Gasteiger partial charge in [-0.15, -0.1) is 0 Å². The number of fused-ring (bicyclic) bond motifs is 3. The van der Waals surface area contributed by atoms with Crippen molar-refractivity contribution in [2.75, 3.05) is 6.61 Å². The minimum Gasteiger partial charge on any atom is -0.475 e. The first-order chi connectivity index (χ1) is 14.5. The van der Waals surface area contributed by atoms with E-state index in [1.54, 1.807) is 20.0 Å². The Balaban J connectivity index is 1.52. The van der Waals surface area contributed by atoms with Gasteiger partial charge in [-0.05, 0) is 44.0 Å². The van der Waals surface area contributed by atoms with E-state index in [0.717, 1.165) is 41.1 Å². The predicted octanol–water partition coefficient (Wildman–Crippen LogP) is 4.18. The van der Waals surface area contributed by atoms with Gasteiger partial charge in [0.05, 0.1) is 17.3 Å². The van der Waals surface area contributed by atoms with Crippen LogP contribution in [-0.4, -0.2) is 36.8 Å². The molecular weight excluding hydrogens is 376 g/mol. The Labute approximate surface area is 175 Å². The van der Waals surface area contributed by atoms with Crippen LogP contribution in [0, 0.1) is 0 Å². The molecule has 0 amide bonds. The molecule has 4 heterocycles. The van der Waals surface area contributed by atoms with Crippen LogP contribution in [0.5, 0.6) is 5.88 Å². The highest BCUT2D eigenvalue weighted by Crippen LogP contribution is 2.35. The molecule has 0 spiro atoms. The van der Waals surface area contributed by atoms with E-state index in [0.29, 0.717) is 5.88 Å². The average Bonchev–Trinajstić information content (AvgIpc) is 3.31. The van der Waals surface area contributed by atoms with Crippen LogP contribution < -0.4 is 4.74 Å². The van der Waals surface area contributed by atoms with E-state index < -0.39 is 5.60 Å². The molecule has 0 bridgehead atoms. The number of ether oxygens (including phenoxy) is 1. The van der Waals surface area contributed by atoms with E-state index in [9.17, 15) is 5.11 Å². The van der Waals surface area contributed by atoms with Crippen molar-refractivity contribution in [2.24, 2.45) is 0 Å². The Morgan fingerprint density at radius 2 is 1.93 bits per heavy atom. The fourth-order valence-corrected chi connectivity index (χ4v) is 3.97. The SMILES string of the molecule is CC(C)(O)COc1cc(-c2ccc3nc4n(c3n2)[C@@H](c2ccccc2)CC4)ccn1. The molecule has 3 aromatic heterocycles. The number of aryl methyl sites for hydroxylation is 1. The molecule has 0 saturated carbocycles. The number of benzene rings is 1. The smallest absolute Gasteiger partial charge is 0.213 e. The minimum absolute atomic E-state index is 0.171. The lowest BCUT2D eigenvalue weighted by Crippen LogP contribution is -2.28. The summed E-state index contributed by atoms with van der Waals surface area (Å²) in [6, 6.07) is 18.6. The first-order valence-corrected chi connectivity index (χ1v) is 10.2. The van der Waals surface area contributed by atoms with E-state index in [1.807, 2.05) is 30.3 Å².